The number of H-pyrrole nitrogens is 1. The number of likely N-dealkylation sites (tertiary alicyclic amines) is 1. The van der Waals surface area contributed by atoms with E-state index in [-0.39, 0.29) is 30.9 Å². The number of likely N-dealkylation sites (N-methyl/N-ethyl adjacent to an activating group) is 1. The lowest BCUT2D eigenvalue weighted by Crippen LogP contribution is -2.67. The Bertz CT molecular complexity index is 1030. The van der Waals surface area contributed by atoms with Gasteiger partial charge < -0.3 is 29.9 Å². The zero-order valence-corrected chi connectivity index (χ0v) is 20.0. The molecule has 3 aliphatic rings. The van der Waals surface area contributed by atoms with Crippen LogP contribution in [0.15, 0.2) is 24.5 Å². The number of carboxylic acid groups (broad SMARTS) is 2. The zero-order chi connectivity index (χ0) is 25.5. The van der Waals surface area contributed by atoms with Crippen molar-refractivity contribution >= 4 is 35.8 Å². The molecule has 5 rings (SSSR count). The minimum absolute atomic E-state index is 0.0930. The lowest BCUT2D eigenvalue weighted by Gasteiger charge is -2.57. The molecule has 0 spiro atoms. The Hall–Kier alpha value is -3.47. The number of hydrogen-bond acceptors (Lipinski definition) is 6. The van der Waals surface area contributed by atoms with Gasteiger partial charge in [-0.05, 0) is 63.4 Å². The van der Waals surface area contributed by atoms with Crippen LogP contribution in [0.25, 0.3) is 11.0 Å². The maximum absolute atomic E-state index is 13.4. The fourth-order valence-corrected chi connectivity index (χ4v) is 5.80. The number of rotatable bonds is 3. The summed E-state index contributed by atoms with van der Waals surface area (Å²) in [5.74, 6) is 1.13. The van der Waals surface area contributed by atoms with Crippen molar-refractivity contribution in [2.45, 2.75) is 37.8 Å². The molecule has 1 aromatic carbocycles. The highest BCUT2D eigenvalue weighted by Crippen LogP contribution is 2.42. The largest absolute Gasteiger partial charge is 0.483 e. The molecule has 2 aromatic rings. The summed E-state index contributed by atoms with van der Waals surface area (Å²) >= 11 is 0. The number of piperidine rings is 3. The van der Waals surface area contributed by atoms with Crippen LogP contribution in [0.4, 0.5) is 0 Å². The van der Waals surface area contributed by atoms with Crippen molar-refractivity contribution in [1.82, 2.24) is 24.7 Å². The lowest BCUT2D eigenvalue weighted by atomic mass is 9.72. The summed E-state index contributed by atoms with van der Waals surface area (Å²) in [6, 6.07) is 6.17. The molecular weight excluding hydrogens is 454 g/mol. The third kappa shape index (κ3) is 5.79. The average molecular weight is 488 g/mol. The number of carbonyl (C=O) groups excluding carboxylic acids is 2. The second-order valence-electron chi connectivity index (χ2n) is 9.40. The number of nitrogens with zero attached hydrogens (tertiary/aromatic N) is 4. The molecular formula is C24H33N5O6. The summed E-state index contributed by atoms with van der Waals surface area (Å²) in [7, 11) is 4.14. The van der Waals surface area contributed by atoms with Crippen molar-refractivity contribution in [3.63, 3.8) is 0 Å². The molecule has 0 saturated carbocycles. The fourth-order valence-electron chi connectivity index (χ4n) is 5.80. The van der Waals surface area contributed by atoms with Crippen LogP contribution in [0.3, 0.4) is 0 Å². The van der Waals surface area contributed by atoms with E-state index in [0.29, 0.717) is 29.7 Å². The van der Waals surface area contributed by atoms with Crippen LogP contribution in [0.2, 0.25) is 0 Å². The molecule has 3 aliphatic heterocycles. The van der Waals surface area contributed by atoms with Crippen molar-refractivity contribution in [1.29, 1.82) is 0 Å². The third-order valence-electron chi connectivity index (χ3n) is 7.00. The summed E-state index contributed by atoms with van der Waals surface area (Å²) in [4.78, 5) is 56.6. The van der Waals surface area contributed by atoms with Gasteiger partial charge in [0.1, 0.15) is 0 Å². The van der Waals surface area contributed by atoms with Gasteiger partial charge in [-0.2, -0.15) is 0 Å². The van der Waals surface area contributed by atoms with Crippen LogP contribution in [-0.4, -0.2) is 105 Å². The van der Waals surface area contributed by atoms with Crippen molar-refractivity contribution in [2.24, 2.45) is 11.8 Å². The van der Waals surface area contributed by atoms with Crippen molar-refractivity contribution < 1.29 is 29.4 Å². The lowest BCUT2D eigenvalue weighted by molar-refractivity contribution is -0.152. The van der Waals surface area contributed by atoms with Crippen LogP contribution >= 0.6 is 0 Å². The molecule has 11 heteroatoms. The maximum atomic E-state index is 13.4. The van der Waals surface area contributed by atoms with Crippen LogP contribution in [0, 0.1) is 11.8 Å². The Balaban J connectivity index is 0.000000520. The van der Waals surface area contributed by atoms with Gasteiger partial charge in [-0.25, -0.2) is 4.98 Å². The molecule has 0 radical (unpaired) electrons. The minimum Gasteiger partial charge on any atom is -0.483 e. The van der Waals surface area contributed by atoms with Crippen molar-refractivity contribution in [2.75, 3.05) is 33.7 Å². The molecule has 2 bridgehead atoms. The zero-order valence-electron chi connectivity index (χ0n) is 20.0. The van der Waals surface area contributed by atoms with Crippen LogP contribution in [-0.2, 0) is 14.4 Å². The number of aromatic nitrogens is 2. The molecule has 11 nitrogen and oxygen atoms in total. The Kier molecular flexibility index (Phi) is 8.80. The third-order valence-corrected chi connectivity index (χ3v) is 7.00. The first-order valence-electron chi connectivity index (χ1n) is 11.7. The normalized spacial score (nSPS) is 25.1. The summed E-state index contributed by atoms with van der Waals surface area (Å²) < 4.78 is 0. The van der Waals surface area contributed by atoms with Gasteiger partial charge in [0.05, 0.1) is 17.4 Å². The van der Waals surface area contributed by atoms with Gasteiger partial charge in [0.25, 0.3) is 18.9 Å². The first kappa shape index (κ1) is 26.1. The van der Waals surface area contributed by atoms with E-state index in [1.165, 1.54) is 0 Å². The van der Waals surface area contributed by atoms with Gasteiger partial charge in [-0.3, -0.25) is 19.2 Å². The number of aromatic amines is 1. The van der Waals surface area contributed by atoms with E-state index in [1.54, 1.807) is 6.33 Å². The molecule has 4 atom stereocenters. The van der Waals surface area contributed by atoms with Crippen LogP contribution < -0.4 is 0 Å². The summed E-state index contributed by atoms with van der Waals surface area (Å²) in [5, 5.41) is 13.8. The van der Waals surface area contributed by atoms with Gasteiger partial charge in [0.15, 0.2) is 0 Å². The maximum Gasteiger partial charge on any atom is 0.290 e. The van der Waals surface area contributed by atoms with Crippen molar-refractivity contribution in [3.05, 3.63) is 30.1 Å². The van der Waals surface area contributed by atoms with E-state index >= 15 is 0 Å². The van der Waals surface area contributed by atoms with E-state index in [9.17, 15) is 9.59 Å². The molecule has 35 heavy (non-hydrogen) atoms. The Morgan fingerprint density at radius 3 is 2.57 bits per heavy atom. The number of fused-ring (bicyclic) bond motifs is 5. The van der Waals surface area contributed by atoms with Gasteiger partial charge in [-0.15, -0.1) is 0 Å². The molecule has 0 aliphatic carbocycles. The van der Waals surface area contributed by atoms with Gasteiger partial charge in [-0.1, -0.05) is 0 Å². The van der Waals surface area contributed by atoms with Crippen LogP contribution in [0.5, 0.6) is 0 Å². The first-order valence-corrected chi connectivity index (χ1v) is 11.7. The highest BCUT2D eigenvalue weighted by molar-refractivity contribution is 5.97. The number of amides is 2. The number of imidazole rings is 1. The highest BCUT2D eigenvalue weighted by Gasteiger charge is 2.50. The predicted molar refractivity (Wildman–Crippen MR) is 128 cm³/mol. The molecule has 190 valence electrons. The number of hydrogen-bond donors (Lipinski definition) is 3. The molecule has 3 saturated heterocycles. The standard InChI is InChI=1S/C22H29N5O2.2CH2O2/c1-25(2)12-20-16-8-15(19-4-3-5-21(28)27(19)20)10-26(11-16)22(29)14-6-7-17-18(9-14)24-13-23-17;2*2-1-3/h6-7,9,13,15-16,19-20H,3-5,8,10-12H2,1-2H3,(H,23,24);2*1H,(H,2,3)/t15-,16+,19+,20+;;/m1../s1. The molecule has 3 fully saturated rings. The topological polar surface area (TPSA) is 147 Å². The SMILES string of the molecule is CN(C)C[C@H]1[C@H]2C[C@H](CN(C(=O)c3ccc4nc[nH]c4c3)C2)[C@@H]2CCCC(=O)N21.O=CO.O=CO. The second kappa shape index (κ2) is 11.8. The Morgan fingerprint density at radius 1 is 1.20 bits per heavy atom. The molecule has 3 N–H and O–H groups in total. The Morgan fingerprint density at radius 2 is 1.89 bits per heavy atom. The molecule has 1 aromatic heterocycles. The average Bonchev–Trinajstić information content (AvgIpc) is 3.30. The van der Waals surface area contributed by atoms with E-state index in [4.69, 9.17) is 19.8 Å². The minimum atomic E-state index is -0.250. The Labute approximate surface area is 203 Å². The van der Waals surface area contributed by atoms with E-state index in [1.807, 2.05) is 23.1 Å². The van der Waals surface area contributed by atoms with E-state index < -0.39 is 0 Å². The van der Waals surface area contributed by atoms with E-state index in [0.717, 1.165) is 49.9 Å². The highest BCUT2D eigenvalue weighted by atomic mass is 16.3. The summed E-state index contributed by atoms with van der Waals surface area (Å²) in [5.41, 5.74) is 2.48. The van der Waals surface area contributed by atoms with Gasteiger partial charge in [0.2, 0.25) is 5.91 Å². The van der Waals surface area contributed by atoms with Gasteiger partial charge >= 0.3 is 0 Å². The summed E-state index contributed by atoms with van der Waals surface area (Å²) in [6.07, 6.45) is 5.49. The molecule has 2 amide bonds. The summed E-state index contributed by atoms with van der Waals surface area (Å²) in [6.45, 7) is 1.84. The fraction of sp³-hybridized carbons (Fsp3) is 0.542. The number of nitrogens with one attached hydrogen (secondary N) is 1. The monoisotopic (exact) mass is 487 g/mol. The second-order valence-corrected chi connectivity index (χ2v) is 9.40. The van der Waals surface area contributed by atoms with Gasteiger partial charge in [0, 0.05) is 43.7 Å². The molecule has 0 unspecified atom stereocenters. The molecule has 4 heterocycles. The quantitative estimate of drug-likeness (QED) is 0.550. The van der Waals surface area contributed by atoms with E-state index in [2.05, 4.69) is 33.9 Å². The smallest absolute Gasteiger partial charge is 0.290 e. The van der Waals surface area contributed by atoms with Crippen LogP contribution in [0.1, 0.15) is 36.0 Å². The first-order chi connectivity index (χ1) is 16.8. The predicted octanol–water partition coefficient (Wildman–Crippen LogP) is 1.37. The van der Waals surface area contributed by atoms with Crippen molar-refractivity contribution in [3.8, 4) is 0 Å². The number of benzene rings is 1. The number of carbonyl (C=O) groups is 4.